The SMILES string of the molecule is CCCn1c(N)c(C(=O)CN2CC(C)OCC2C)c(=O)[nH]c1=O. The van der Waals surface area contributed by atoms with Gasteiger partial charge in [-0.25, -0.2) is 4.79 Å². The number of nitrogens with zero attached hydrogens (tertiary/aromatic N) is 2. The summed E-state index contributed by atoms with van der Waals surface area (Å²) < 4.78 is 6.77. The van der Waals surface area contributed by atoms with Crippen molar-refractivity contribution in [3.8, 4) is 0 Å². The zero-order chi connectivity index (χ0) is 17.1. The van der Waals surface area contributed by atoms with Crippen molar-refractivity contribution in [2.45, 2.75) is 45.9 Å². The molecule has 2 heterocycles. The van der Waals surface area contributed by atoms with Crippen molar-refractivity contribution in [2.75, 3.05) is 25.4 Å². The van der Waals surface area contributed by atoms with Gasteiger partial charge < -0.3 is 10.5 Å². The number of carbonyl (C=O) groups excluding carboxylic acids is 1. The molecule has 2 atom stereocenters. The average molecular weight is 324 g/mol. The predicted octanol–water partition coefficient (Wildman–Crippen LogP) is -0.179. The Morgan fingerprint density at radius 2 is 2.09 bits per heavy atom. The van der Waals surface area contributed by atoms with Gasteiger partial charge >= 0.3 is 5.69 Å². The summed E-state index contributed by atoms with van der Waals surface area (Å²) in [7, 11) is 0. The van der Waals surface area contributed by atoms with Gasteiger partial charge in [-0.2, -0.15) is 0 Å². The molecule has 0 saturated carbocycles. The Morgan fingerprint density at radius 3 is 2.74 bits per heavy atom. The van der Waals surface area contributed by atoms with Gasteiger partial charge in [-0.3, -0.25) is 24.0 Å². The molecule has 1 saturated heterocycles. The summed E-state index contributed by atoms with van der Waals surface area (Å²) in [6.07, 6.45) is 0.700. The molecule has 1 fully saturated rings. The number of ether oxygens (including phenoxy) is 1. The van der Waals surface area contributed by atoms with Gasteiger partial charge in [-0.1, -0.05) is 6.92 Å². The van der Waals surface area contributed by atoms with Gasteiger partial charge in [0.05, 0.1) is 19.3 Å². The minimum absolute atomic E-state index is 0.0312. The molecule has 0 radical (unpaired) electrons. The van der Waals surface area contributed by atoms with Crippen LogP contribution in [0.1, 0.15) is 37.6 Å². The van der Waals surface area contributed by atoms with Gasteiger partial charge in [0.15, 0.2) is 5.78 Å². The van der Waals surface area contributed by atoms with E-state index in [1.807, 2.05) is 25.7 Å². The molecule has 1 aliphatic rings. The molecular weight excluding hydrogens is 300 g/mol. The highest BCUT2D eigenvalue weighted by atomic mass is 16.5. The maximum absolute atomic E-state index is 12.6. The lowest BCUT2D eigenvalue weighted by Crippen LogP contribution is -2.50. The number of nitrogens with one attached hydrogen (secondary N) is 1. The molecule has 2 rings (SSSR count). The van der Waals surface area contributed by atoms with Crippen molar-refractivity contribution in [2.24, 2.45) is 0 Å². The van der Waals surface area contributed by atoms with Gasteiger partial charge in [0.1, 0.15) is 11.4 Å². The van der Waals surface area contributed by atoms with E-state index < -0.39 is 11.2 Å². The molecule has 2 unspecified atom stereocenters. The number of H-pyrrole nitrogens is 1. The van der Waals surface area contributed by atoms with Crippen LogP contribution < -0.4 is 17.0 Å². The molecule has 0 bridgehead atoms. The third-order valence-corrected chi connectivity index (χ3v) is 4.05. The molecule has 3 N–H and O–H groups in total. The highest BCUT2D eigenvalue weighted by molar-refractivity contribution is 6.01. The van der Waals surface area contributed by atoms with E-state index in [0.29, 0.717) is 26.1 Å². The van der Waals surface area contributed by atoms with Crippen molar-refractivity contribution in [3.05, 3.63) is 26.4 Å². The number of Topliss-reactive ketones (excluding diaryl/α,β-unsaturated/α-hetero) is 1. The number of hydrogen-bond donors (Lipinski definition) is 2. The minimum Gasteiger partial charge on any atom is -0.384 e. The Hall–Kier alpha value is -1.93. The van der Waals surface area contributed by atoms with E-state index in [2.05, 4.69) is 4.98 Å². The van der Waals surface area contributed by atoms with Crippen LogP contribution in [0.25, 0.3) is 0 Å². The molecule has 23 heavy (non-hydrogen) atoms. The van der Waals surface area contributed by atoms with Gasteiger partial charge in [-0.15, -0.1) is 0 Å². The number of nitrogen functional groups attached to an aromatic ring is 1. The van der Waals surface area contributed by atoms with Crippen LogP contribution in [0.15, 0.2) is 9.59 Å². The van der Waals surface area contributed by atoms with Crippen molar-refractivity contribution in [3.63, 3.8) is 0 Å². The van der Waals surface area contributed by atoms with E-state index in [4.69, 9.17) is 10.5 Å². The number of ketones is 1. The molecule has 0 amide bonds. The molecule has 1 aromatic rings. The molecule has 0 aliphatic carbocycles. The quantitative estimate of drug-likeness (QED) is 0.727. The van der Waals surface area contributed by atoms with Crippen molar-refractivity contribution < 1.29 is 9.53 Å². The van der Waals surface area contributed by atoms with E-state index >= 15 is 0 Å². The molecule has 1 aliphatic heterocycles. The number of morpholine rings is 1. The summed E-state index contributed by atoms with van der Waals surface area (Å²) in [6, 6.07) is 0.0806. The summed E-state index contributed by atoms with van der Waals surface area (Å²) >= 11 is 0. The predicted molar refractivity (Wildman–Crippen MR) is 86.8 cm³/mol. The molecule has 128 valence electrons. The van der Waals surface area contributed by atoms with E-state index in [-0.39, 0.29) is 35.9 Å². The second kappa shape index (κ2) is 7.10. The van der Waals surface area contributed by atoms with Crippen molar-refractivity contribution in [1.29, 1.82) is 0 Å². The summed E-state index contributed by atoms with van der Waals surface area (Å²) in [4.78, 5) is 40.6. The van der Waals surface area contributed by atoms with Crippen LogP contribution in [0.2, 0.25) is 0 Å². The zero-order valence-electron chi connectivity index (χ0n) is 13.8. The van der Waals surface area contributed by atoms with Gasteiger partial charge in [-0.05, 0) is 20.3 Å². The van der Waals surface area contributed by atoms with Crippen molar-refractivity contribution in [1.82, 2.24) is 14.5 Å². The van der Waals surface area contributed by atoms with E-state index in [9.17, 15) is 14.4 Å². The number of aromatic nitrogens is 2. The monoisotopic (exact) mass is 324 g/mol. The maximum Gasteiger partial charge on any atom is 0.329 e. The summed E-state index contributed by atoms with van der Waals surface area (Å²) in [5.74, 6) is -0.436. The average Bonchev–Trinajstić information content (AvgIpc) is 2.47. The van der Waals surface area contributed by atoms with E-state index in [0.717, 1.165) is 0 Å². The number of rotatable bonds is 5. The first-order valence-corrected chi connectivity index (χ1v) is 7.86. The normalized spacial score (nSPS) is 22.2. The van der Waals surface area contributed by atoms with Crippen LogP contribution in [-0.2, 0) is 11.3 Å². The number of hydrogen-bond acceptors (Lipinski definition) is 6. The zero-order valence-corrected chi connectivity index (χ0v) is 13.8. The lowest BCUT2D eigenvalue weighted by atomic mass is 10.1. The molecule has 8 nitrogen and oxygen atoms in total. The van der Waals surface area contributed by atoms with Crippen molar-refractivity contribution >= 4 is 11.6 Å². The third kappa shape index (κ3) is 3.70. The van der Waals surface area contributed by atoms with Crippen LogP contribution in [0.5, 0.6) is 0 Å². The van der Waals surface area contributed by atoms with Crippen LogP contribution in [-0.4, -0.2) is 52.1 Å². The van der Waals surface area contributed by atoms with Crippen LogP contribution in [0.4, 0.5) is 5.82 Å². The second-order valence-electron chi connectivity index (χ2n) is 6.02. The Morgan fingerprint density at radius 1 is 1.39 bits per heavy atom. The standard InChI is InChI=1S/C15H24N4O4/c1-4-5-19-13(16)12(14(21)17-15(19)22)11(20)7-18-6-10(3)23-8-9(18)2/h9-10H,4-8,16H2,1-3H3,(H,17,21,22). The lowest BCUT2D eigenvalue weighted by molar-refractivity contribution is -0.0460. The van der Waals surface area contributed by atoms with Gasteiger partial charge in [0.2, 0.25) is 0 Å². The van der Waals surface area contributed by atoms with Crippen LogP contribution in [0, 0.1) is 0 Å². The summed E-state index contributed by atoms with van der Waals surface area (Å²) in [5, 5.41) is 0. The first-order chi connectivity index (χ1) is 10.8. The number of carbonyl (C=O) groups is 1. The minimum atomic E-state index is -0.723. The van der Waals surface area contributed by atoms with E-state index in [1.165, 1.54) is 4.57 Å². The Balaban J connectivity index is 2.30. The highest BCUT2D eigenvalue weighted by Crippen LogP contribution is 2.13. The number of nitrogens with two attached hydrogens (primary N) is 1. The molecule has 8 heteroatoms. The third-order valence-electron chi connectivity index (χ3n) is 4.05. The fourth-order valence-corrected chi connectivity index (χ4v) is 2.76. The topological polar surface area (TPSA) is 110 Å². The number of anilines is 1. The number of aromatic amines is 1. The van der Waals surface area contributed by atoms with Gasteiger partial charge in [0, 0.05) is 19.1 Å². The molecular formula is C15H24N4O4. The van der Waals surface area contributed by atoms with E-state index in [1.54, 1.807) is 0 Å². The fourth-order valence-electron chi connectivity index (χ4n) is 2.76. The first-order valence-electron chi connectivity index (χ1n) is 7.86. The Bertz CT molecular complexity index is 694. The van der Waals surface area contributed by atoms with Crippen LogP contribution in [0.3, 0.4) is 0 Å². The Kier molecular flexibility index (Phi) is 5.38. The summed E-state index contributed by atoms with van der Waals surface area (Å²) in [5.41, 5.74) is 4.48. The molecule has 0 spiro atoms. The fraction of sp³-hybridized carbons (Fsp3) is 0.667. The maximum atomic E-state index is 12.6. The first kappa shape index (κ1) is 17.4. The largest absolute Gasteiger partial charge is 0.384 e. The molecule has 1 aromatic heterocycles. The van der Waals surface area contributed by atoms with Gasteiger partial charge in [0.25, 0.3) is 5.56 Å². The second-order valence-corrected chi connectivity index (χ2v) is 6.02. The highest BCUT2D eigenvalue weighted by Gasteiger charge is 2.27. The smallest absolute Gasteiger partial charge is 0.329 e. The lowest BCUT2D eigenvalue weighted by Gasteiger charge is -2.36. The Labute approximate surface area is 134 Å². The summed E-state index contributed by atoms with van der Waals surface area (Å²) in [6.45, 7) is 7.36. The van der Waals surface area contributed by atoms with Crippen LogP contribution >= 0.6 is 0 Å². The molecule has 0 aromatic carbocycles.